The van der Waals surface area contributed by atoms with E-state index in [0.29, 0.717) is 11.1 Å². The molecule has 22 heavy (non-hydrogen) atoms. The van der Waals surface area contributed by atoms with Crippen LogP contribution in [0.15, 0.2) is 78.9 Å². The van der Waals surface area contributed by atoms with Gasteiger partial charge in [-0.1, -0.05) is 60.7 Å². The van der Waals surface area contributed by atoms with Gasteiger partial charge in [-0.3, -0.25) is 4.79 Å². The van der Waals surface area contributed by atoms with Crippen molar-refractivity contribution in [3.8, 4) is 0 Å². The Morgan fingerprint density at radius 1 is 0.727 bits per heavy atom. The van der Waals surface area contributed by atoms with Gasteiger partial charge in [-0.2, -0.15) is 0 Å². The minimum atomic E-state index is 0.0253. The number of rotatable bonds is 4. The van der Waals surface area contributed by atoms with Crippen LogP contribution >= 0.6 is 0 Å². The fraction of sp³-hybridized carbons (Fsp3) is 0.0500. The van der Waals surface area contributed by atoms with Gasteiger partial charge in [-0.15, -0.1) is 0 Å². The molecule has 0 saturated heterocycles. The molecule has 0 aliphatic carbocycles. The van der Waals surface area contributed by atoms with Gasteiger partial charge >= 0.3 is 0 Å². The Hall–Kier alpha value is -2.87. The Morgan fingerprint density at radius 2 is 1.32 bits per heavy atom. The third kappa shape index (κ3) is 2.91. The fourth-order valence-electron chi connectivity index (χ4n) is 2.39. The van der Waals surface area contributed by atoms with E-state index in [1.165, 1.54) is 0 Å². The zero-order valence-electron chi connectivity index (χ0n) is 12.4. The summed E-state index contributed by atoms with van der Waals surface area (Å²) < 4.78 is 0. The fourth-order valence-corrected chi connectivity index (χ4v) is 2.39. The van der Waals surface area contributed by atoms with E-state index >= 15 is 0 Å². The molecule has 2 nitrogen and oxygen atoms in total. The van der Waals surface area contributed by atoms with Crippen LogP contribution in [0.1, 0.15) is 21.5 Å². The molecule has 0 fully saturated rings. The quantitative estimate of drug-likeness (QED) is 0.686. The Morgan fingerprint density at radius 3 is 2.05 bits per heavy atom. The van der Waals surface area contributed by atoms with Crippen molar-refractivity contribution in [1.82, 2.24) is 0 Å². The smallest absolute Gasteiger partial charge is 0.195 e. The predicted molar refractivity (Wildman–Crippen MR) is 90.8 cm³/mol. The van der Waals surface area contributed by atoms with E-state index in [9.17, 15) is 4.79 Å². The molecular weight excluding hydrogens is 270 g/mol. The first-order chi connectivity index (χ1) is 10.8. The lowest BCUT2D eigenvalue weighted by molar-refractivity contribution is 0.103. The van der Waals surface area contributed by atoms with Crippen LogP contribution in [0.2, 0.25) is 0 Å². The summed E-state index contributed by atoms with van der Waals surface area (Å²) in [4.78, 5) is 12.7. The summed E-state index contributed by atoms with van der Waals surface area (Å²) in [6.45, 7) is 2.05. The highest BCUT2D eigenvalue weighted by atomic mass is 16.1. The molecular formula is C20H17NO. The van der Waals surface area contributed by atoms with Gasteiger partial charge in [-0.05, 0) is 30.7 Å². The van der Waals surface area contributed by atoms with Crippen molar-refractivity contribution in [3.05, 3.63) is 95.6 Å². The van der Waals surface area contributed by atoms with E-state index in [1.54, 1.807) is 0 Å². The molecule has 0 spiro atoms. The molecule has 0 aliphatic rings. The molecule has 0 amide bonds. The second kappa shape index (κ2) is 6.27. The average Bonchev–Trinajstić information content (AvgIpc) is 2.58. The van der Waals surface area contributed by atoms with Crippen molar-refractivity contribution < 1.29 is 4.79 Å². The maximum atomic E-state index is 12.7. The topological polar surface area (TPSA) is 29.1 Å². The Labute approximate surface area is 130 Å². The van der Waals surface area contributed by atoms with E-state index in [2.05, 4.69) is 5.32 Å². The van der Waals surface area contributed by atoms with Crippen molar-refractivity contribution in [2.24, 2.45) is 0 Å². The number of para-hydroxylation sites is 2. The molecule has 0 radical (unpaired) electrons. The number of carbonyl (C=O) groups is 1. The van der Waals surface area contributed by atoms with Crippen LogP contribution in [0.25, 0.3) is 0 Å². The van der Waals surface area contributed by atoms with Gasteiger partial charge in [0.15, 0.2) is 5.78 Å². The normalized spacial score (nSPS) is 10.2. The highest BCUT2D eigenvalue weighted by molar-refractivity contribution is 6.12. The average molecular weight is 287 g/mol. The predicted octanol–water partition coefficient (Wildman–Crippen LogP) is 4.97. The van der Waals surface area contributed by atoms with Gasteiger partial charge in [0.25, 0.3) is 0 Å². The molecule has 108 valence electrons. The van der Waals surface area contributed by atoms with Gasteiger partial charge < -0.3 is 5.32 Å². The lowest BCUT2D eigenvalue weighted by Crippen LogP contribution is -2.05. The molecule has 0 atom stereocenters. The standard InChI is InChI=1S/C20H17NO/c1-15-9-5-7-13-18(15)21-19-14-8-6-12-17(19)20(22)16-10-3-2-4-11-16/h2-14,21H,1H3. The third-order valence-electron chi connectivity index (χ3n) is 3.62. The Balaban J connectivity index is 1.97. The van der Waals surface area contributed by atoms with Crippen LogP contribution in [-0.4, -0.2) is 5.78 Å². The highest BCUT2D eigenvalue weighted by Crippen LogP contribution is 2.25. The number of ketones is 1. The highest BCUT2D eigenvalue weighted by Gasteiger charge is 2.13. The number of hydrogen-bond acceptors (Lipinski definition) is 2. The molecule has 2 heteroatoms. The van der Waals surface area contributed by atoms with Gasteiger partial charge in [0.2, 0.25) is 0 Å². The van der Waals surface area contributed by atoms with Crippen molar-refractivity contribution >= 4 is 17.2 Å². The monoisotopic (exact) mass is 287 g/mol. The van der Waals surface area contributed by atoms with Crippen LogP contribution in [0.4, 0.5) is 11.4 Å². The van der Waals surface area contributed by atoms with Crippen LogP contribution in [0.5, 0.6) is 0 Å². The van der Waals surface area contributed by atoms with Crippen LogP contribution in [-0.2, 0) is 0 Å². The number of anilines is 2. The van der Waals surface area contributed by atoms with E-state index in [0.717, 1.165) is 16.9 Å². The molecule has 0 aliphatic heterocycles. The second-order valence-corrected chi connectivity index (χ2v) is 5.18. The zero-order chi connectivity index (χ0) is 15.4. The Kier molecular flexibility index (Phi) is 4.01. The largest absolute Gasteiger partial charge is 0.355 e. The van der Waals surface area contributed by atoms with Crippen molar-refractivity contribution in [1.29, 1.82) is 0 Å². The molecule has 0 aromatic heterocycles. The van der Waals surface area contributed by atoms with E-state index in [4.69, 9.17) is 0 Å². The minimum Gasteiger partial charge on any atom is -0.355 e. The van der Waals surface area contributed by atoms with Gasteiger partial charge in [0, 0.05) is 22.5 Å². The molecule has 0 bridgehead atoms. The molecule has 3 aromatic rings. The Bertz CT molecular complexity index is 794. The lowest BCUT2D eigenvalue weighted by atomic mass is 10.0. The van der Waals surface area contributed by atoms with Gasteiger partial charge in [0.05, 0.1) is 0 Å². The molecule has 0 unspecified atom stereocenters. The maximum Gasteiger partial charge on any atom is 0.195 e. The first-order valence-corrected chi connectivity index (χ1v) is 7.27. The van der Waals surface area contributed by atoms with Crippen molar-refractivity contribution in [2.75, 3.05) is 5.32 Å². The van der Waals surface area contributed by atoms with Crippen LogP contribution in [0, 0.1) is 6.92 Å². The summed E-state index contributed by atoms with van der Waals surface area (Å²) in [6, 6.07) is 25.0. The van der Waals surface area contributed by atoms with E-state index in [-0.39, 0.29) is 5.78 Å². The molecule has 1 N–H and O–H groups in total. The number of nitrogens with one attached hydrogen (secondary N) is 1. The number of benzene rings is 3. The molecule has 3 rings (SSSR count). The van der Waals surface area contributed by atoms with Crippen LogP contribution in [0.3, 0.4) is 0 Å². The first kappa shape index (κ1) is 14.1. The maximum absolute atomic E-state index is 12.7. The van der Waals surface area contributed by atoms with Gasteiger partial charge in [0.1, 0.15) is 0 Å². The van der Waals surface area contributed by atoms with Crippen molar-refractivity contribution in [2.45, 2.75) is 6.92 Å². The summed E-state index contributed by atoms with van der Waals surface area (Å²) >= 11 is 0. The second-order valence-electron chi connectivity index (χ2n) is 5.18. The summed E-state index contributed by atoms with van der Waals surface area (Å²) in [5, 5.41) is 3.37. The first-order valence-electron chi connectivity index (χ1n) is 7.27. The number of carbonyl (C=O) groups excluding carboxylic acids is 1. The number of hydrogen-bond donors (Lipinski definition) is 1. The summed E-state index contributed by atoms with van der Waals surface area (Å²) in [5.41, 5.74) is 4.35. The van der Waals surface area contributed by atoms with Crippen molar-refractivity contribution in [3.63, 3.8) is 0 Å². The zero-order valence-corrected chi connectivity index (χ0v) is 12.4. The lowest BCUT2D eigenvalue weighted by Gasteiger charge is -2.13. The molecule has 0 saturated carbocycles. The molecule has 3 aromatic carbocycles. The SMILES string of the molecule is Cc1ccccc1Nc1ccccc1C(=O)c1ccccc1. The minimum absolute atomic E-state index is 0.0253. The number of aryl methyl sites for hydroxylation is 1. The van der Waals surface area contributed by atoms with Gasteiger partial charge in [-0.25, -0.2) is 0 Å². The molecule has 0 heterocycles. The van der Waals surface area contributed by atoms with E-state index in [1.807, 2.05) is 85.8 Å². The summed E-state index contributed by atoms with van der Waals surface area (Å²) in [7, 11) is 0. The van der Waals surface area contributed by atoms with Crippen LogP contribution < -0.4 is 5.32 Å². The summed E-state index contributed by atoms with van der Waals surface area (Å²) in [5.74, 6) is 0.0253. The van der Waals surface area contributed by atoms with E-state index < -0.39 is 0 Å². The summed E-state index contributed by atoms with van der Waals surface area (Å²) in [6.07, 6.45) is 0. The third-order valence-corrected chi connectivity index (χ3v) is 3.62.